The van der Waals surface area contributed by atoms with Crippen LogP contribution in [0.1, 0.15) is 5.56 Å². The zero-order valence-corrected chi connectivity index (χ0v) is 16.3. The minimum absolute atomic E-state index is 0.0854. The topological polar surface area (TPSA) is 40.5 Å². The Morgan fingerprint density at radius 2 is 0.857 bits per heavy atom. The molecule has 2 N–H and O–H groups in total. The van der Waals surface area contributed by atoms with Crippen molar-refractivity contribution in [1.82, 2.24) is 0 Å². The summed E-state index contributed by atoms with van der Waals surface area (Å²) >= 11 is 0. The van der Waals surface area contributed by atoms with E-state index in [-0.39, 0.29) is 11.5 Å². The molecule has 0 atom stereocenters. The first-order valence-corrected chi connectivity index (χ1v) is 11.2. The standard InChI is InChI=1S/C25H21O2P/c26-21-16-20(17-22(27)18-21)19-28(23-10-4-1-5-11-23,24-12-6-2-7-13-24)25-14-8-3-9-15-25/h1-18H,19H2,(H-,26,27)/p+1. The summed E-state index contributed by atoms with van der Waals surface area (Å²) in [6.45, 7) is 0. The maximum absolute atomic E-state index is 10.1. The molecule has 2 nitrogen and oxygen atoms in total. The second-order valence-corrected chi connectivity index (χ2v) is 10.3. The highest BCUT2D eigenvalue weighted by molar-refractivity contribution is 7.95. The molecule has 0 unspecified atom stereocenters. The molecule has 0 aliphatic rings. The third-order valence-electron chi connectivity index (χ3n) is 4.97. The SMILES string of the molecule is Oc1cc(O)cc(C[P+](c2ccccc2)(c2ccccc2)c2ccccc2)c1. The van der Waals surface area contributed by atoms with Gasteiger partial charge in [-0.2, -0.15) is 0 Å². The molecule has 0 saturated heterocycles. The molecule has 0 amide bonds. The molecule has 4 aromatic rings. The molecule has 4 aromatic carbocycles. The summed E-state index contributed by atoms with van der Waals surface area (Å²) in [6, 6.07) is 36.6. The van der Waals surface area contributed by atoms with Crippen LogP contribution in [0, 0.1) is 0 Å². The van der Waals surface area contributed by atoms with E-state index < -0.39 is 7.26 Å². The van der Waals surface area contributed by atoms with E-state index in [2.05, 4.69) is 72.8 Å². The number of hydrogen-bond donors (Lipinski definition) is 2. The lowest BCUT2D eigenvalue weighted by molar-refractivity contribution is 0.449. The molecule has 4 rings (SSSR count). The number of benzene rings is 4. The number of phenols is 2. The van der Waals surface area contributed by atoms with Gasteiger partial charge in [-0.25, -0.2) is 0 Å². The molecule has 0 heterocycles. The first-order chi connectivity index (χ1) is 13.7. The largest absolute Gasteiger partial charge is 0.508 e. The second kappa shape index (κ2) is 7.88. The van der Waals surface area contributed by atoms with Gasteiger partial charge in [0.1, 0.15) is 34.7 Å². The highest BCUT2D eigenvalue weighted by Crippen LogP contribution is 2.58. The van der Waals surface area contributed by atoms with Gasteiger partial charge in [0, 0.05) is 6.07 Å². The fourth-order valence-electron chi connectivity index (χ4n) is 3.79. The van der Waals surface area contributed by atoms with Gasteiger partial charge in [0.15, 0.2) is 0 Å². The summed E-state index contributed by atoms with van der Waals surface area (Å²) < 4.78 is 0. The predicted octanol–water partition coefficient (Wildman–Crippen LogP) is 4.59. The lowest BCUT2D eigenvalue weighted by Crippen LogP contribution is -2.32. The van der Waals surface area contributed by atoms with Crippen molar-refractivity contribution in [2.75, 3.05) is 0 Å². The first-order valence-electron chi connectivity index (χ1n) is 9.25. The minimum Gasteiger partial charge on any atom is -0.508 e. The van der Waals surface area contributed by atoms with E-state index in [9.17, 15) is 10.2 Å². The number of aromatic hydroxyl groups is 2. The van der Waals surface area contributed by atoms with Crippen LogP contribution in [-0.4, -0.2) is 10.2 Å². The van der Waals surface area contributed by atoms with Crippen molar-refractivity contribution < 1.29 is 10.2 Å². The van der Waals surface area contributed by atoms with Crippen molar-refractivity contribution in [3.05, 3.63) is 115 Å². The predicted molar refractivity (Wildman–Crippen MR) is 119 cm³/mol. The van der Waals surface area contributed by atoms with Crippen molar-refractivity contribution in [3.8, 4) is 11.5 Å². The Morgan fingerprint density at radius 3 is 1.21 bits per heavy atom. The van der Waals surface area contributed by atoms with Crippen LogP contribution in [0.4, 0.5) is 0 Å². The zero-order valence-electron chi connectivity index (χ0n) is 15.4. The van der Waals surface area contributed by atoms with E-state index in [1.165, 1.54) is 22.0 Å². The van der Waals surface area contributed by atoms with Gasteiger partial charge in [0.05, 0.1) is 6.16 Å². The summed E-state index contributed by atoms with van der Waals surface area (Å²) in [5.74, 6) is 0.171. The highest BCUT2D eigenvalue weighted by Gasteiger charge is 2.45. The van der Waals surface area contributed by atoms with Crippen molar-refractivity contribution in [2.45, 2.75) is 6.16 Å². The van der Waals surface area contributed by atoms with Crippen molar-refractivity contribution in [1.29, 1.82) is 0 Å². The quantitative estimate of drug-likeness (QED) is 0.493. The fraction of sp³-hybridized carbons (Fsp3) is 0.0400. The van der Waals surface area contributed by atoms with Crippen LogP contribution in [0.25, 0.3) is 0 Å². The average molecular weight is 385 g/mol. The Hall–Kier alpha value is -3.09. The van der Waals surface area contributed by atoms with Crippen molar-refractivity contribution >= 4 is 23.2 Å². The smallest absolute Gasteiger partial charge is 0.119 e. The minimum atomic E-state index is -2.04. The average Bonchev–Trinajstić information content (AvgIpc) is 2.73. The molecular weight excluding hydrogens is 363 g/mol. The van der Waals surface area contributed by atoms with E-state index in [4.69, 9.17) is 0 Å². The van der Waals surface area contributed by atoms with Crippen LogP contribution in [0.5, 0.6) is 11.5 Å². The molecule has 0 aliphatic carbocycles. The van der Waals surface area contributed by atoms with E-state index in [1.54, 1.807) is 12.1 Å². The summed E-state index contributed by atoms with van der Waals surface area (Å²) in [4.78, 5) is 0. The summed E-state index contributed by atoms with van der Waals surface area (Å²) in [7, 11) is -2.04. The lowest BCUT2D eigenvalue weighted by Gasteiger charge is -2.28. The summed E-state index contributed by atoms with van der Waals surface area (Å²) in [6.07, 6.45) is 0.715. The maximum Gasteiger partial charge on any atom is 0.119 e. The molecule has 3 heteroatoms. The normalized spacial score (nSPS) is 11.3. The Kier molecular flexibility index (Phi) is 5.14. The van der Waals surface area contributed by atoms with Gasteiger partial charge in [-0.15, -0.1) is 0 Å². The molecule has 0 radical (unpaired) electrons. The zero-order chi connectivity index (χ0) is 19.4. The fourth-order valence-corrected chi connectivity index (χ4v) is 8.01. The van der Waals surface area contributed by atoms with Crippen LogP contribution in [0.3, 0.4) is 0 Å². The van der Waals surface area contributed by atoms with E-state index in [0.717, 1.165) is 5.56 Å². The Labute approximate surface area is 166 Å². The van der Waals surface area contributed by atoms with Crippen LogP contribution in [0.2, 0.25) is 0 Å². The number of rotatable bonds is 5. The molecule has 0 fully saturated rings. The van der Waals surface area contributed by atoms with Gasteiger partial charge in [-0.3, -0.25) is 0 Å². The van der Waals surface area contributed by atoms with Crippen molar-refractivity contribution in [3.63, 3.8) is 0 Å². The Morgan fingerprint density at radius 1 is 0.500 bits per heavy atom. The molecular formula is C25H22O2P+. The molecule has 28 heavy (non-hydrogen) atoms. The van der Waals surface area contributed by atoms with Crippen molar-refractivity contribution in [2.24, 2.45) is 0 Å². The van der Waals surface area contributed by atoms with E-state index >= 15 is 0 Å². The second-order valence-electron chi connectivity index (χ2n) is 6.83. The third kappa shape index (κ3) is 3.52. The summed E-state index contributed by atoms with van der Waals surface area (Å²) in [5.41, 5.74) is 0.919. The summed E-state index contributed by atoms with van der Waals surface area (Å²) in [5, 5.41) is 23.9. The Balaban J connectivity index is 2.01. The molecule has 0 bridgehead atoms. The lowest BCUT2D eigenvalue weighted by atomic mass is 10.2. The van der Waals surface area contributed by atoms with Gasteiger partial charge < -0.3 is 10.2 Å². The third-order valence-corrected chi connectivity index (χ3v) is 9.35. The van der Waals surface area contributed by atoms with Gasteiger partial charge in [-0.1, -0.05) is 54.6 Å². The molecule has 0 saturated carbocycles. The molecule has 0 aliphatic heterocycles. The van der Waals surface area contributed by atoms with Crippen LogP contribution < -0.4 is 15.9 Å². The van der Waals surface area contributed by atoms with E-state index in [0.29, 0.717) is 6.16 Å². The van der Waals surface area contributed by atoms with Gasteiger partial charge in [0.2, 0.25) is 0 Å². The monoisotopic (exact) mass is 385 g/mol. The highest BCUT2D eigenvalue weighted by atomic mass is 31.2. The van der Waals surface area contributed by atoms with Crippen LogP contribution in [0.15, 0.2) is 109 Å². The maximum atomic E-state index is 10.1. The molecule has 0 spiro atoms. The Bertz CT molecular complexity index is 931. The number of phenolic OH excluding ortho intramolecular Hbond substituents is 2. The van der Waals surface area contributed by atoms with Crippen LogP contribution >= 0.6 is 7.26 Å². The van der Waals surface area contributed by atoms with E-state index in [1.807, 2.05) is 18.2 Å². The van der Waals surface area contributed by atoms with Gasteiger partial charge in [-0.05, 0) is 54.1 Å². The molecule has 0 aromatic heterocycles. The van der Waals surface area contributed by atoms with Crippen LogP contribution in [-0.2, 0) is 6.16 Å². The number of hydrogen-bond acceptors (Lipinski definition) is 2. The van der Waals surface area contributed by atoms with Gasteiger partial charge in [0.25, 0.3) is 0 Å². The first kappa shape index (κ1) is 18.3. The van der Waals surface area contributed by atoms with Gasteiger partial charge >= 0.3 is 0 Å². The molecule has 138 valence electrons.